The number of aliphatic hydroxyl groups excluding tert-OH is 1. The number of ketones is 2. The van der Waals surface area contributed by atoms with E-state index in [4.69, 9.17) is 20.9 Å². The quantitative estimate of drug-likeness (QED) is 0.0417. The number of aliphatic hydroxyl groups is 1. The summed E-state index contributed by atoms with van der Waals surface area (Å²) < 4.78 is 12.6. The largest absolute Gasteiger partial charge is 1.00 e. The van der Waals surface area contributed by atoms with E-state index in [0.29, 0.717) is 37.4 Å². The maximum absolute atomic E-state index is 13.6. The fourth-order valence-corrected chi connectivity index (χ4v) is 5.98. The van der Waals surface area contributed by atoms with E-state index in [2.05, 4.69) is 29.4 Å². The number of carbonyl (C=O) groups is 3. The van der Waals surface area contributed by atoms with Crippen LogP contribution in [0.1, 0.15) is 43.0 Å². The molecule has 11 heteroatoms. The molecule has 0 aliphatic carbocycles. The number of ether oxygens (including phenoxy) is 2. The Kier molecular flexibility index (Phi) is 13.9. The molecule has 7 N–H and O–H groups in total. The molecular weight excluding hydrogens is 668 g/mol. The number of Topliss-reactive ketones (excluding diaryl/α,β-unsaturated/α-hetero) is 2. The molecule has 5 rings (SSSR count). The molecule has 10 nitrogen and oxygen atoms in total. The van der Waals surface area contributed by atoms with Gasteiger partial charge in [0.2, 0.25) is 5.91 Å². The van der Waals surface area contributed by atoms with E-state index in [1.807, 2.05) is 60.7 Å². The van der Waals surface area contributed by atoms with Gasteiger partial charge in [0.1, 0.15) is 24.7 Å². The average Bonchev–Trinajstić information content (AvgIpc) is 3.13. The van der Waals surface area contributed by atoms with Crippen LogP contribution in [0.3, 0.4) is 0 Å². The van der Waals surface area contributed by atoms with E-state index in [1.165, 1.54) is 6.07 Å². The minimum atomic E-state index is -0.702. The van der Waals surface area contributed by atoms with Gasteiger partial charge in [-0.15, -0.1) is 0 Å². The number of hydrogen-bond acceptors (Lipinski definition) is 6. The number of hydrogen-bond donors (Lipinski definition) is 5. The summed E-state index contributed by atoms with van der Waals surface area (Å²) in [5.74, 6) is -0.480. The Bertz CT molecular complexity index is 2030. The first-order chi connectivity index (χ1) is 24.3. The summed E-state index contributed by atoms with van der Waals surface area (Å²) in [6.45, 7) is 2.12. The molecule has 0 unspecified atom stereocenters. The van der Waals surface area contributed by atoms with Crippen LogP contribution in [-0.4, -0.2) is 54.9 Å². The Morgan fingerprint density at radius 1 is 0.824 bits per heavy atom. The Labute approximate surface area is 303 Å². The zero-order chi connectivity index (χ0) is 35.5. The summed E-state index contributed by atoms with van der Waals surface area (Å²) >= 11 is 0. The summed E-state index contributed by atoms with van der Waals surface area (Å²) in [5, 5.41) is 16.1. The zero-order valence-corrected chi connectivity index (χ0v) is 29.2. The molecule has 1 atom stereocenters. The summed E-state index contributed by atoms with van der Waals surface area (Å²) in [5.41, 5.74) is 13.4. The molecule has 5 aromatic rings. The van der Waals surface area contributed by atoms with Crippen LogP contribution >= 0.6 is 0 Å². The van der Waals surface area contributed by atoms with Gasteiger partial charge in [-0.1, -0.05) is 79.7 Å². The van der Waals surface area contributed by atoms with Crippen molar-refractivity contribution in [2.45, 2.75) is 32.6 Å². The van der Waals surface area contributed by atoms with E-state index in [1.54, 1.807) is 18.2 Å². The van der Waals surface area contributed by atoms with Gasteiger partial charge in [0.25, 0.3) is 0 Å². The van der Waals surface area contributed by atoms with Crippen molar-refractivity contribution in [3.8, 4) is 22.6 Å². The van der Waals surface area contributed by atoms with E-state index >= 15 is 0 Å². The number of halogens is 1. The number of nitrogens with one attached hydrogen (secondary N) is 2. The number of nitrogens with two attached hydrogens (primary N) is 2. The van der Waals surface area contributed by atoms with Crippen LogP contribution in [0.15, 0.2) is 97.1 Å². The molecule has 0 spiro atoms. The van der Waals surface area contributed by atoms with Crippen LogP contribution in [0.5, 0.6) is 11.5 Å². The molecule has 1 amide bonds. The summed E-state index contributed by atoms with van der Waals surface area (Å²) in [6, 6.07) is 30.3. The molecule has 0 aliphatic rings. The highest BCUT2D eigenvalue weighted by molar-refractivity contribution is 6.10. The van der Waals surface area contributed by atoms with Crippen molar-refractivity contribution in [2.24, 2.45) is 17.4 Å². The Morgan fingerprint density at radius 2 is 1.45 bits per heavy atom. The van der Waals surface area contributed by atoms with Crippen LogP contribution in [0.4, 0.5) is 5.69 Å². The lowest BCUT2D eigenvalue weighted by Gasteiger charge is -2.20. The van der Waals surface area contributed by atoms with Gasteiger partial charge < -0.3 is 32.3 Å². The van der Waals surface area contributed by atoms with Crippen LogP contribution < -0.4 is 43.7 Å². The average molecular weight is 711 g/mol. The molecule has 5 aromatic carbocycles. The van der Waals surface area contributed by atoms with Crippen LogP contribution in [0, 0.1) is 5.92 Å². The molecule has 0 fully saturated rings. The van der Waals surface area contributed by atoms with E-state index in [9.17, 15) is 19.5 Å². The molecule has 0 bridgehead atoms. The summed E-state index contributed by atoms with van der Waals surface area (Å²) in [7, 11) is 0. The number of fused-ring (bicyclic) bond motifs is 2. The van der Waals surface area contributed by atoms with Crippen molar-refractivity contribution >= 4 is 50.7 Å². The molecule has 0 aliphatic heterocycles. The topological polar surface area (TPSA) is 168 Å². The minimum absolute atomic E-state index is 0. The van der Waals surface area contributed by atoms with Crippen molar-refractivity contribution in [2.75, 3.05) is 31.7 Å². The third-order valence-electron chi connectivity index (χ3n) is 8.38. The van der Waals surface area contributed by atoms with Crippen LogP contribution in [-0.2, 0) is 9.59 Å². The second kappa shape index (κ2) is 18.5. The second-order valence-corrected chi connectivity index (χ2v) is 12.1. The third-order valence-corrected chi connectivity index (χ3v) is 8.38. The van der Waals surface area contributed by atoms with Gasteiger partial charge in [-0.05, 0) is 65.1 Å². The van der Waals surface area contributed by atoms with Crippen molar-refractivity contribution < 1.29 is 46.4 Å². The highest BCUT2D eigenvalue weighted by Crippen LogP contribution is 2.45. The number of rotatable bonds is 17. The first kappa shape index (κ1) is 38.4. The fourth-order valence-electron chi connectivity index (χ4n) is 5.98. The van der Waals surface area contributed by atoms with Crippen molar-refractivity contribution in [1.29, 1.82) is 0 Å². The van der Waals surface area contributed by atoms with E-state index < -0.39 is 18.3 Å². The van der Waals surface area contributed by atoms with E-state index in [0.717, 1.165) is 44.8 Å². The molecular formula is C40H43ClN4O6. The minimum Gasteiger partial charge on any atom is -1.00 e. The first-order valence-electron chi connectivity index (χ1n) is 16.8. The maximum Gasteiger partial charge on any atom is 0.338 e. The number of guanidine groups is 1. The van der Waals surface area contributed by atoms with Crippen LogP contribution in [0.25, 0.3) is 32.7 Å². The van der Waals surface area contributed by atoms with Gasteiger partial charge in [0.05, 0.1) is 13.2 Å². The lowest BCUT2D eigenvalue weighted by atomic mass is 9.92. The fraction of sp³-hybridized carbons (Fsp3) is 0.250. The monoisotopic (exact) mass is 710 g/mol. The Balaban J connectivity index is 0.00000583. The van der Waals surface area contributed by atoms with E-state index in [-0.39, 0.29) is 48.6 Å². The first-order valence-corrected chi connectivity index (χ1v) is 16.8. The van der Waals surface area contributed by atoms with Crippen LogP contribution in [0.2, 0.25) is 0 Å². The van der Waals surface area contributed by atoms with Crippen molar-refractivity contribution in [1.82, 2.24) is 0 Å². The molecule has 0 aromatic heterocycles. The second-order valence-electron chi connectivity index (χ2n) is 12.1. The summed E-state index contributed by atoms with van der Waals surface area (Å²) in [6.07, 6.45) is 1.64. The molecule has 0 heterocycles. The van der Waals surface area contributed by atoms with Crippen molar-refractivity contribution in [3.05, 3.63) is 103 Å². The highest BCUT2D eigenvalue weighted by Gasteiger charge is 2.24. The number of amides is 1. The molecule has 51 heavy (non-hydrogen) atoms. The Hall–Kier alpha value is -5.45. The number of carbonyl (C=O) groups excluding carboxylic acids is 3. The van der Waals surface area contributed by atoms with Gasteiger partial charge in [0.15, 0.2) is 11.6 Å². The van der Waals surface area contributed by atoms with Gasteiger partial charge in [-0.25, -0.2) is 0 Å². The standard InChI is InChI=1S/C40H42N4O6.ClH/c1-2-21-49-35-18-16-26-9-3-5-14-32(26)37(35)38-33-15-6-4-10-27(33)17-19-36(38)50-25-31(46)23-29(12-8-20-43-40(41)42)39(48)44-30-13-7-11-28(22-30)34(47)24-45;/h3-7,9-11,13-19,22,29,45H,2,8,12,20-21,23-25H2,1H3,(H,44,48)(H4,41,42,43);1H/t29-;/m0./s1. The maximum atomic E-state index is 13.6. The Morgan fingerprint density at radius 3 is 2.06 bits per heavy atom. The normalized spacial score (nSPS) is 11.3. The summed E-state index contributed by atoms with van der Waals surface area (Å²) in [4.78, 5) is 41.9. The smallest absolute Gasteiger partial charge is 0.338 e. The molecule has 266 valence electrons. The van der Waals surface area contributed by atoms with Gasteiger partial charge in [-0.2, -0.15) is 0 Å². The molecule has 0 radical (unpaired) electrons. The third kappa shape index (κ3) is 9.84. The van der Waals surface area contributed by atoms with Crippen molar-refractivity contribution in [3.63, 3.8) is 0 Å². The molecule has 0 saturated carbocycles. The van der Waals surface area contributed by atoms with Gasteiger partial charge in [-0.3, -0.25) is 30.8 Å². The predicted octanol–water partition coefficient (Wildman–Crippen LogP) is 1.35. The lowest BCUT2D eigenvalue weighted by Crippen LogP contribution is -3.00. The van der Waals surface area contributed by atoms with Gasteiger partial charge in [0, 0.05) is 34.7 Å². The van der Waals surface area contributed by atoms with Gasteiger partial charge >= 0.3 is 5.96 Å². The number of anilines is 1. The highest BCUT2D eigenvalue weighted by atomic mass is 35.5. The predicted molar refractivity (Wildman–Crippen MR) is 196 cm³/mol. The lowest BCUT2D eigenvalue weighted by molar-refractivity contribution is -0.459. The molecule has 0 saturated heterocycles. The zero-order valence-electron chi connectivity index (χ0n) is 28.5. The SMILES string of the molecule is CCCOc1ccc2ccccc2c1-c1c(OCC(=O)C[C@H](CCC[NH+]=C(N)N)C(=O)Nc2cccc(C(=O)CO)c2)ccc2ccccc12.[Cl-]. The number of benzene rings is 5.